The van der Waals surface area contributed by atoms with Crippen LogP contribution in [0.1, 0.15) is 60.8 Å². The van der Waals surface area contributed by atoms with Gasteiger partial charge >= 0.3 is 0 Å². The van der Waals surface area contributed by atoms with Crippen molar-refractivity contribution in [3.05, 3.63) is 34.4 Å². The van der Waals surface area contributed by atoms with Crippen molar-refractivity contribution >= 4 is 22.6 Å². The Hall–Kier alpha value is -0.0900. The second kappa shape index (κ2) is 7.86. The average molecular weight is 426 g/mol. The maximum Gasteiger partial charge on any atom is 0.0615 e. The van der Waals surface area contributed by atoms with Gasteiger partial charge in [-0.25, -0.2) is 0 Å². The Labute approximate surface area is 155 Å². The van der Waals surface area contributed by atoms with Gasteiger partial charge in [-0.2, -0.15) is 0 Å². The number of halogens is 1. The zero-order valence-corrected chi connectivity index (χ0v) is 17.1. The first-order valence-corrected chi connectivity index (χ1v) is 10.6. The quantitative estimate of drug-likeness (QED) is 0.429. The first-order chi connectivity index (χ1) is 11.0. The molecule has 23 heavy (non-hydrogen) atoms. The Morgan fingerprint density at radius 2 is 1.52 bits per heavy atom. The zero-order chi connectivity index (χ0) is 16.4. The number of benzene rings is 1. The van der Waals surface area contributed by atoms with E-state index >= 15 is 0 Å². The van der Waals surface area contributed by atoms with Crippen molar-refractivity contribution in [3.8, 4) is 0 Å². The van der Waals surface area contributed by atoms with Crippen molar-refractivity contribution in [3.63, 3.8) is 0 Å². The number of hydrogen-bond donors (Lipinski definition) is 0. The molecule has 3 rings (SSSR count). The van der Waals surface area contributed by atoms with Crippen molar-refractivity contribution in [2.24, 2.45) is 11.8 Å². The third-order valence-corrected chi connectivity index (χ3v) is 7.47. The summed E-state index contributed by atoms with van der Waals surface area (Å²) >= 11 is 2.63. The molecule has 1 heterocycles. The molecule has 2 heteroatoms. The fraction of sp³-hybridized carbons (Fsp3) is 0.714. The normalized spacial score (nSPS) is 32.0. The summed E-state index contributed by atoms with van der Waals surface area (Å²) in [5.74, 6) is 1.77. The van der Waals surface area contributed by atoms with E-state index in [1.165, 1.54) is 60.8 Å². The van der Waals surface area contributed by atoms with Crippen molar-refractivity contribution in [1.82, 2.24) is 0 Å². The molecule has 2 unspecified atom stereocenters. The Morgan fingerprint density at radius 1 is 0.913 bits per heavy atom. The van der Waals surface area contributed by atoms with Crippen molar-refractivity contribution in [2.75, 3.05) is 6.61 Å². The minimum atomic E-state index is 0.439. The second-order valence-electron chi connectivity index (χ2n) is 7.86. The first kappa shape index (κ1) is 17.7. The molecule has 0 aromatic heterocycles. The van der Waals surface area contributed by atoms with E-state index in [9.17, 15) is 0 Å². The predicted octanol–water partition coefficient (Wildman–Crippen LogP) is 5.94. The largest absolute Gasteiger partial charge is 0.378 e. The molecule has 0 amide bonds. The van der Waals surface area contributed by atoms with Crippen LogP contribution in [0.4, 0.5) is 0 Å². The van der Waals surface area contributed by atoms with Crippen molar-refractivity contribution in [1.29, 1.82) is 0 Å². The van der Waals surface area contributed by atoms with Gasteiger partial charge in [0.15, 0.2) is 0 Å². The van der Waals surface area contributed by atoms with E-state index in [4.69, 9.17) is 4.74 Å². The van der Waals surface area contributed by atoms with Gasteiger partial charge < -0.3 is 4.74 Å². The number of rotatable bonds is 3. The van der Waals surface area contributed by atoms with Gasteiger partial charge in [0.05, 0.1) is 12.7 Å². The molecular formula is C21H31IO. The van der Waals surface area contributed by atoms with Crippen LogP contribution in [0, 0.1) is 32.6 Å². The van der Waals surface area contributed by atoms with Crippen LogP contribution < -0.4 is 0 Å². The summed E-state index contributed by atoms with van der Waals surface area (Å²) in [5, 5.41) is 0. The lowest BCUT2D eigenvalue weighted by Crippen LogP contribution is -2.33. The monoisotopic (exact) mass is 426 g/mol. The third-order valence-electron chi connectivity index (χ3n) is 6.22. The van der Waals surface area contributed by atoms with Gasteiger partial charge in [0.1, 0.15) is 0 Å². The van der Waals surface area contributed by atoms with Gasteiger partial charge in [-0.1, -0.05) is 34.7 Å². The molecule has 1 nitrogen and oxygen atoms in total. The summed E-state index contributed by atoms with van der Waals surface area (Å²) in [5.41, 5.74) is 5.73. The smallest absolute Gasteiger partial charge is 0.0615 e. The summed E-state index contributed by atoms with van der Waals surface area (Å²) in [6.07, 6.45) is 9.88. The first-order valence-electron chi connectivity index (χ1n) is 9.35. The van der Waals surface area contributed by atoms with Crippen LogP contribution in [-0.2, 0) is 11.2 Å². The van der Waals surface area contributed by atoms with Gasteiger partial charge in [-0.3, -0.25) is 0 Å². The van der Waals surface area contributed by atoms with Crippen LogP contribution in [0.2, 0.25) is 0 Å². The number of ether oxygens (including phenoxy) is 1. The Bertz CT molecular complexity index is 500. The van der Waals surface area contributed by atoms with Gasteiger partial charge in [0.2, 0.25) is 0 Å². The van der Waals surface area contributed by atoms with Gasteiger partial charge in [0.25, 0.3) is 0 Å². The highest BCUT2D eigenvalue weighted by Crippen LogP contribution is 2.38. The minimum Gasteiger partial charge on any atom is -0.378 e. The molecule has 0 bridgehead atoms. The Balaban J connectivity index is 1.51. The summed E-state index contributed by atoms with van der Waals surface area (Å²) in [7, 11) is 0. The third kappa shape index (κ3) is 4.50. The fourth-order valence-corrected chi connectivity index (χ4v) is 5.13. The predicted molar refractivity (Wildman–Crippen MR) is 107 cm³/mol. The molecule has 0 spiro atoms. The zero-order valence-electron chi connectivity index (χ0n) is 14.9. The standard InChI is InChI=1S/C21H31IO/c1-14-10-17(11-15(2)16(14)3)12-21-9-6-19(13-23-21)18-4-7-20(22)8-5-18/h10-11,18-21H,4-9,12-13H2,1-3H3. The molecule has 0 N–H and O–H groups in total. The molecule has 2 aliphatic rings. The molecule has 2 fully saturated rings. The number of hydrogen-bond acceptors (Lipinski definition) is 1. The molecule has 128 valence electrons. The number of aryl methyl sites for hydroxylation is 2. The lowest BCUT2D eigenvalue weighted by molar-refractivity contribution is -0.0357. The molecule has 1 aliphatic heterocycles. The summed E-state index contributed by atoms with van der Waals surface area (Å²) in [6.45, 7) is 7.69. The Morgan fingerprint density at radius 3 is 2.09 bits per heavy atom. The highest BCUT2D eigenvalue weighted by Gasteiger charge is 2.30. The van der Waals surface area contributed by atoms with Gasteiger partial charge in [0, 0.05) is 3.92 Å². The lowest BCUT2D eigenvalue weighted by Gasteiger charge is -2.37. The summed E-state index contributed by atoms with van der Waals surface area (Å²) < 4.78 is 7.21. The van der Waals surface area contributed by atoms with Crippen molar-refractivity contribution < 1.29 is 4.74 Å². The van der Waals surface area contributed by atoms with E-state index in [2.05, 4.69) is 55.5 Å². The van der Waals surface area contributed by atoms with Crippen LogP contribution in [0.5, 0.6) is 0 Å². The highest BCUT2D eigenvalue weighted by atomic mass is 127. The fourth-order valence-electron chi connectivity index (χ4n) is 4.42. The molecule has 0 radical (unpaired) electrons. The van der Waals surface area contributed by atoms with Crippen LogP contribution in [0.3, 0.4) is 0 Å². The number of alkyl halides is 1. The summed E-state index contributed by atoms with van der Waals surface area (Å²) in [6, 6.07) is 4.72. The molecule has 1 aliphatic carbocycles. The maximum absolute atomic E-state index is 6.28. The molecule has 2 atom stereocenters. The topological polar surface area (TPSA) is 9.23 Å². The molecule has 1 saturated carbocycles. The van der Waals surface area contributed by atoms with E-state index in [0.29, 0.717) is 6.10 Å². The molecule has 1 saturated heterocycles. The SMILES string of the molecule is Cc1cc(CC2CCC(C3CCC(I)CC3)CO2)cc(C)c1C. The van der Waals surface area contributed by atoms with Gasteiger partial charge in [-0.05, 0) is 99.8 Å². The lowest BCUT2D eigenvalue weighted by atomic mass is 9.77. The van der Waals surface area contributed by atoms with E-state index in [1.54, 1.807) is 0 Å². The van der Waals surface area contributed by atoms with E-state index in [0.717, 1.165) is 28.8 Å². The van der Waals surface area contributed by atoms with Crippen molar-refractivity contribution in [2.45, 2.75) is 75.7 Å². The Kier molecular flexibility index (Phi) is 6.06. The molecule has 1 aromatic carbocycles. The van der Waals surface area contributed by atoms with Gasteiger partial charge in [-0.15, -0.1) is 0 Å². The van der Waals surface area contributed by atoms with Crippen LogP contribution in [0.25, 0.3) is 0 Å². The summed E-state index contributed by atoms with van der Waals surface area (Å²) in [4.78, 5) is 0. The molecule has 1 aromatic rings. The molecular weight excluding hydrogens is 395 g/mol. The van der Waals surface area contributed by atoms with Crippen LogP contribution in [-0.4, -0.2) is 16.6 Å². The van der Waals surface area contributed by atoms with E-state index in [1.807, 2.05) is 0 Å². The average Bonchev–Trinajstić information content (AvgIpc) is 2.54. The van der Waals surface area contributed by atoms with E-state index < -0.39 is 0 Å². The van der Waals surface area contributed by atoms with Crippen LogP contribution >= 0.6 is 22.6 Å². The second-order valence-corrected chi connectivity index (χ2v) is 9.63. The van der Waals surface area contributed by atoms with Crippen LogP contribution in [0.15, 0.2) is 12.1 Å². The maximum atomic E-state index is 6.28. The van der Waals surface area contributed by atoms with E-state index in [-0.39, 0.29) is 0 Å². The highest BCUT2D eigenvalue weighted by molar-refractivity contribution is 14.1. The minimum absolute atomic E-state index is 0.439.